The lowest BCUT2D eigenvalue weighted by Crippen LogP contribution is -2.43. The van der Waals surface area contributed by atoms with Gasteiger partial charge in [0.25, 0.3) is 0 Å². The van der Waals surface area contributed by atoms with Crippen molar-refractivity contribution in [3.8, 4) is 28.4 Å². The molecule has 1 atom stereocenters. The summed E-state index contributed by atoms with van der Waals surface area (Å²) in [5, 5.41) is 3.63. The van der Waals surface area contributed by atoms with E-state index in [1.807, 2.05) is 6.07 Å². The Morgan fingerprint density at radius 1 is 1.15 bits per heavy atom. The largest absolute Gasteiger partial charge is 0.481 e. The number of methoxy groups -OCH3 is 1. The van der Waals surface area contributed by atoms with E-state index >= 15 is 0 Å². The zero-order valence-corrected chi connectivity index (χ0v) is 23.8. The number of rotatable bonds is 7. The molecule has 1 aliphatic rings. The zero-order valence-electron chi connectivity index (χ0n) is 22.3. The van der Waals surface area contributed by atoms with Crippen LogP contribution in [0.4, 0.5) is 10.5 Å². The summed E-state index contributed by atoms with van der Waals surface area (Å²) in [4.78, 5) is 35.5. The molecule has 0 saturated carbocycles. The second-order valence-corrected chi connectivity index (χ2v) is 11.0. The van der Waals surface area contributed by atoms with Crippen molar-refractivity contribution in [2.24, 2.45) is 0 Å². The van der Waals surface area contributed by atoms with Gasteiger partial charge in [-0.05, 0) is 51.5 Å². The summed E-state index contributed by atoms with van der Waals surface area (Å²) < 4.78 is 11.2. The number of nitrogen functional groups attached to an aromatic ring is 1. The number of hydrogen-bond acceptors (Lipinski definition) is 7. The maximum atomic E-state index is 13.1. The molecule has 0 unspecified atom stereocenters. The minimum atomic E-state index is -0.678. The van der Waals surface area contributed by atoms with Gasteiger partial charge in [-0.1, -0.05) is 35.3 Å². The summed E-state index contributed by atoms with van der Waals surface area (Å²) in [6, 6.07) is 10.5. The van der Waals surface area contributed by atoms with Gasteiger partial charge < -0.3 is 25.4 Å². The number of benzene rings is 1. The summed E-state index contributed by atoms with van der Waals surface area (Å²) >= 11 is 13.2. The fraction of sp³-hybridized carbons (Fsp3) is 0.357. The van der Waals surface area contributed by atoms with Gasteiger partial charge in [0.1, 0.15) is 5.60 Å². The number of hydrogen-bond donors (Lipinski definition) is 2. The average molecular weight is 572 g/mol. The molecule has 3 aromatic rings. The molecule has 0 bridgehead atoms. The highest BCUT2D eigenvalue weighted by molar-refractivity contribution is 6.38. The fourth-order valence-corrected chi connectivity index (χ4v) is 4.82. The summed E-state index contributed by atoms with van der Waals surface area (Å²) in [6.45, 7) is 5.89. The van der Waals surface area contributed by atoms with E-state index in [4.69, 9.17) is 38.4 Å². The van der Waals surface area contributed by atoms with Crippen molar-refractivity contribution in [1.82, 2.24) is 20.2 Å². The second-order valence-electron chi connectivity index (χ2n) is 10.3. The molecule has 9 nitrogen and oxygen atoms in total. The number of carbonyl (C=O) groups excluding carboxylic acids is 2. The zero-order chi connectivity index (χ0) is 28.3. The van der Waals surface area contributed by atoms with Gasteiger partial charge in [-0.3, -0.25) is 9.78 Å². The first-order valence-corrected chi connectivity index (χ1v) is 13.2. The second kappa shape index (κ2) is 11.7. The molecule has 1 fully saturated rings. The molecule has 0 aliphatic carbocycles. The van der Waals surface area contributed by atoms with Crippen molar-refractivity contribution < 1.29 is 19.1 Å². The number of carbonyl (C=O) groups is 2. The fourth-order valence-electron chi connectivity index (χ4n) is 4.29. The Morgan fingerprint density at radius 2 is 1.92 bits per heavy atom. The summed E-state index contributed by atoms with van der Waals surface area (Å²) in [7, 11) is 1.51. The lowest BCUT2D eigenvalue weighted by Gasteiger charge is -2.29. The van der Waals surface area contributed by atoms with Gasteiger partial charge in [0.2, 0.25) is 11.8 Å². The lowest BCUT2D eigenvalue weighted by atomic mass is 10.1. The Labute approximate surface area is 237 Å². The molecule has 206 valence electrons. The summed E-state index contributed by atoms with van der Waals surface area (Å²) in [5.41, 5.74) is 8.66. The van der Waals surface area contributed by atoms with Crippen LogP contribution in [0.5, 0.6) is 5.88 Å². The number of amides is 2. The SMILES string of the molecule is COc1nc(-c2ccnc(-c3cccc(N)c3Cl)c2Cl)ccc1CN(C[C@@H]1CCC(=O)N1)C(=O)OC(C)(C)C. The molecule has 39 heavy (non-hydrogen) atoms. The van der Waals surface area contributed by atoms with Crippen LogP contribution in [0, 0.1) is 0 Å². The van der Waals surface area contributed by atoms with Crippen molar-refractivity contribution in [2.75, 3.05) is 19.4 Å². The first-order valence-electron chi connectivity index (χ1n) is 12.5. The minimum absolute atomic E-state index is 0.0270. The van der Waals surface area contributed by atoms with Crippen molar-refractivity contribution in [2.45, 2.75) is 51.8 Å². The maximum absolute atomic E-state index is 13.1. The quantitative estimate of drug-likeness (QED) is 0.348. The Balaban J connectivity index is 1.65. The maximum Gasteiger partial charge on any atom is 0.410 e. The van der Waals surface area contributed by atoms with Gasteiger partial charge in [0.15, 0.2) is 0 Å². The highest BCUT2D eigenvalue weighted by atomic mass is 35.5. The van der Waals surface area contributed by atoms with Crippen LogP contribution in [0.2, 0.25) is 10.0 Å². The summed E-state index contributed by atoms with van der Waals surface area (Å²) in [6.07, 6.45) is 2.21. The lowest BCUT2D eigenvalue weighted by molar-refractivity contribution is -0.119. The van der Waals surface area contributed by atoms with Crippen molar-refractivity contribution in [3.63, 3.8) is 0 Å². The highest BCUT2D eigenvalue weighted by Crippen LogP contribution is 2.39. The van der Waals surface area contributed by atoms with Crippen LogP contribution in [0.1, 0.15) is 39.2 Å². The molecule has 1 aliphatic heterocycles. The van der Waals surface area contributed by atoms with Gasteiger partial charge in [-0.25, -0.2) is 9.78 Å². The molecule has 1 saturated heterocycles. The molecular weight excluding hydrogens is 541 g/mol. The van der Waals surface area contributed by atoms with E-state index in [0.29, 0.717) is 69.1 Å². The molecule has 11 heteroatoms. The van der Waals surface area contributed by atoms with E-state index in [0.717, 1.165) is 0 Å². The third-order valence-corrected chi connectivity index (χ3v) is 6.92. The Bertz CT molecular complexity index is 1390. The van der Waals surface area contributed by atoms with Gasteiger partial charge >= 0.3 is 6.09 Å². The van der Waals surface area contributed by atoms with Crippen LogP contribution in [-0.4, -0.2) is 52.2 Å². The minimum Gasteiger partial charge on any atom is -0.481 e. The molecule has 2 amide bonds. The molecule has 3 N–H and O–H groups in total. The average Bonchev–Trinajstić information content (AvgIpc) is 3.29. The van der Waals surface area contributed by atoms with Crippen LogP contribution in [-0.2, 0) is 16.1 Å². The van der Waals surface area contributed by atoms with E-state index in [9.17, 15) is 9.59 Å². The monoisotopic (exact) mass is 571 g/mol. The molecule has 2 aromatic heterocycles. The summed E-state index contributed by atoms with van der Waals surface area (Å²) in [5.74, 6) is 0.300. The van der Waals surface area contributed by atoms with Crippen molar-refractivity contribution >= 4 is 40.9 Å². The smallest absolute Gasteiger partial charge is 0.410 e. The van der Waals surface area contributed by atoms with Crippen LogP contribution >= 0.6 is 23.2 Å². The topological polar surface area (TPSA) is 120 Å². The number of nitrogens with one attached hydrogen (secondary N) is 1. The Hall–Kier alpha value is -3.56. The van der Waals surface area contributed by atoms with Gasteiger partial charge in [-0.15, -0.1) is 0 Å². The van der Waals surface area contributed by atoms with Gasteiger partial charge in [0, 0.05) is 41.9 Å². The van der Waals surface area contributed by atoms with E-state index < -0.39 is 11.7 Å². The Morgan fingerprint density at radius 3 is 2.59 bits per heavy atom. The van der Waals surface area contributed by atoms with E-state index in [-0.39, 0.29) is 18.5 Å². The first kappa shape index (κ1) is 28.4. The molecule has 1 aromatic carbocycles. The molecule has 0 spiro atoms. The molecule has 0 radical (unpaired) electrons. The normalized spacial score (nSPS) is 15.1. The van der Waals surface area contributed by atoms with Crippen LogP contribution in [0.3, 0.4) is 0 Å². The predicted octanol–water partition coefficient (Wildman–Crippen LogP) is 5.72. The highest BCUT2D eigenvalue weighted by Gasteiger charge is 2.29. The number of halogens is 2. The van der Waals surface area contributed by atoms with Crippen molar-refractivity contribution in [3.05, 3.63) is 58.2 Å². The number of pyridine rings is 2. The molecular formula is C28H31Cl2N5O4. The van der Waals surface area contributed by atoms with E-state index in [2.05, 4.69) is 15.3 Å². The third kappa shape index (κ3) is 6.72. The Kier molecular flexibility index (Phi) is 8.51. The number of anilines is 1. The number of nitrogens with two attached hydrogens (primary N) is 1. The molecule has 4 rings (SSSR count). The van der Waals surface area contributed by atoms with Crippen LogP contribution in [0.15, 0.2) is 42.6 Å². The predicted molar refractivity (Wildman–Crippen MR) is 152 cm³/mol. The van der Waals surface area contributed by atoms with E-state index in [1.165, 1.54) is 7.11 Å². The van der Waals surface area contributed by atoms with Gasteiger partial charge in [-0.2, -0.15) is 0 Å². The van der Waals surface area contributed by atoms with Crippen LogP contribution in [0.25, 0.3) is 22.5 Å². The van der Waals surface area contributed by atoms with Gasteiger partial charge in [0.05, 0.1) is 40.8 Å². The standard InChI is InChI=1S/C28H31Cl2N5O4/c1-28(2,3)39-27(37)35(15-17-9-11-22(36)33-17)14-16-8-10-21(34-26(16)38-4)18-12-13-32-25(24(18)30)19-6-5-7-20(31)23(19)29/h5-8,10,12-13,17H,9,11,14-15,31H2,1-4H3,(H,33,36)/t17-/m0/s1. The number of ether oxygens (including phenoxy) is 2. The first-order chi connectivity index (χ1) is 18.5. The molecule has 3 heterocycles. The number of aromatic nitrogens is 2. The van der Waals surface area contributed by atoms with Crippen molar-refractivity contribution in [1.29, 1.82) is 0 Å². The van der Waals surface area contributed by atoms with Crippen LogP contribution < -0.4 is 15.8 Å². The van der Waals surface area contributed by atoms with E-state index in [1.54, 1.807) is 62.2 Å². The number of nitrogens with zero attached hydrogens (tertiary/aromatic N) is 3. The third-order valence-electron chi connectivity index (χ3n) is 6.12.